The molecule has 27 heavy (non-hydrogen) atoms. The van der Waals surface area contributed by atoms with Gasteiger partial charge in [-0.05, 0) is 50.6 Å². The first-order valence-electron chi connectivity index (χ1n) is 8.71. The Hall–Kier alpha value is -2.23. The second-order valence-electron chi connectivity index (χ2n) is 6.17. The molecule has 1 heterocycles. The SMILES string of the molecule is COCCNS(=O)(=O)c1ccc(C(=O)NCCCn2nc(C)cc2C)cc1. The number of rotatable bonds is 10. The summed E-state index contributed by atoms with van der Waals surface area (Å²) in [6.45, 7) is 5.66. The number of carbonyl (C=O) groups is 1. The van der Waals surface area contributed by atoms with E-state index in [-0.39, 0.29) is 24.0 Å². The summed E-state index contributed by atoms with van der Waals surface area (Å²) >= 11 is 0. The maximum atomic E-state index is 12.2. The van der Waals surface area contributed by atoms with Gasteiger partial charge in [-0.1, -0.05) is 0 Å². The van der Waals surface area contributed by atoms with Gasteiger partial charge < -0.3 is 10.1 Å². The highest BCUT2D eigenvalue weighted by Gasteiger charge is 2.14. The summed E-state index contributed by atoms with van der Waals surface area (Å²) in [5, 5.41) is 7.21. The van der Waals surface area contributed by atoms with Crippen LogP contribution in [0.5, 0.6) is 0 Å². The Morgan fingerprint density at radius 2 is 1.89 bits per heavy atom. The Labute approximate surface area is 160 Å². The van der Waals surface area contributed by atoms with Crippen LogP contribution in [-0.4, -0.2) is 50.9 Å². The molecule has 0 aliphatic rings. The van der Waals surface area contributed by atoms with E-state index >= 15 is 0 Å². The minimum atomic E-state index is -3.60. The van der Waals surface area contributed by atoms with Crippen molar-refractivity contribution in [2.45, 2.75) is 31.7 Å². The molecule has 148 valence electrons. The smallest absolute Gasteiger partial charge is 0.251 e. The monoisotopic (exact) mass is 394 g/mol. The summed E-state index contributed by atoms with van der Waals surface area (Å²) in [6, 6.07) is 7.85. The van der Waals surface area contributed by atoms with Crippen LogP contribution in [0.15, 0.2) is 35.2 Å². The van der Waals surface area contributed by atoms with Gasteiger partial charge in [0.25, 0.3) is 5.91 Å². The Kier molecular flexibility index (Phi) is 7.52. The Morgan fingerprint density at radius 1 is 1.19 bits per heavy atom. The third-order valence-electron chi connectivity index (χ3n) is 3.96. The van der Waals surface area contributed by atoms with Crippen LogP contribution in [0.25, 0.3) is 0 Å². The van der Waals surface area contributed by atoms with Crippen molar-refractivity contribution in [3.8, 4) is 0 Å². The van der Waals surface area contributed by atoms with Crippen molar-refractivity contribution in [1.82, 2.24) is 19.8 Å². The van der Waals surface area contributed by atoms with E-state index in [0.717, 1.165) is 24.4 Å². The summed E-state index contributed by atoms with van der Waals surface area (Å²) in [5.41, 5.74) is 2.48. The molecule has 1 amide bonds. The first-order valence-corrected chi connectivity index (χ1v) is 10.2. The fraction of sp³-hybridized carbons (Fsp3) is 0.444. The average molecular weight is 394 g/mol. The highest BCUT2D eigenvalue weighted by molar-refractivity contribution is 7.89. The van der Waals surface area contributed by atoms with Crippen molar-refractivity contribution in [2.75, 3.05) is 26.8 Å². The second kappa shape index (κ2) is 9.63. The molecule has 0 atom stereocenters. The molecule has 2 rings (SSSR count). The van der Waals surface area contributed by atoms with Gasteiger partial charge in [-0.15, -0.1) is 0 Å². The van der Waals surface area contributed by atoms with Gasteiger partial charge in [0, 0.05) is 38.0 Å². The third kappa shape index (κ3) is 6.16. The molecular weight excluding hydrogens is 368 g/mol. The molecule has 1 aromatic heterocycles. The van der Waals surface area contributed by atoms with Crippen molar-refractivity contribution in [3.63, 3.8) is 0 Å². The van der Waals surface area contributed by atoms with E-state index < -0.39 is 10.0 Å². The van der Waals surface area contributed by atoms with E-state index in [4.69, 9.17) is 4.74 Å². The van der Waals surface area contributed by atoms with Gasteiger partial charge in [0.1, 0.15) is 0 Å². The van der Waals surface area contributed by atoms with E-state index in [9.17, 15) is 13.2 Å². The predicted molar refractivity (Wildman–Crippen MR) is 102 cm³/mol. The summed E-state index contributed by atoms with van der Waals surface area (Å²) < 4.78 is 33.3. The van der Waals surface area contributed by atoms with E-state index in [1.807, 2.05) is 24.6 Å². The van der Waals surface area contributed by atoms with Crippen LogP contribution in [0.4, 0.5) is 0 Å². The molecule has 9 heteroatoms. The molecule has 8 nitrogen and oxygen atoms in total. The quantitative estimate of drug-likeness (QED) is 0.591. The van der Waals surface area contributed by atoms with E-state index in [1.165, 1.54) is 31.4 Å². The normalized spacial score (nSPS) is 11.5. The Bertz CT molecular complexity index is 860. The number of methoxy groups -OCH3 is 1. The van der Waals surface area contributed by atoms with E-state index in [2.05, 4.69) is 15.1 Å². The minimum Gasteiger partial charge on any atom is -0.383 e. The molecule has 0 fully saturated rings. The fourth-order valence-corrected chi connectivity index (χ4v) is 3.59. The maximum absolute atomic E-state index is 12.2. The molecule has 2 aromatic rings. The molecule has 0 bridgehead atoms. The van der Waals surface area contributed by atoms with Gasteiger partial charge in [0.05, 0.1) is 17.2 Å². The molecule has 0 spiro atoms. The number of ether oxygens (including phenoxy) is 1. The number of hydrogen-bond acceptors (Lipinski definition) is 5. The molecule has 0 aliphatic carbocycles. The average Bonchev–Trinajstić information content (AvgIpc) is 2.96. The van der Waals surface area contributed by atoms with Crippen LogP contribution >= 0.6 is 0 Å². The van der Waals surface area contributed by atoms with Crippen LogP contribution in [0.2, 0.25) is 0 Å². The van der Waals surface area contributed by atoms with E-state index in [0.29, 0.717) is 12.1 Å². The fourth-order valence-electron chi connectivity index (χ4n) is 2.58. The number of nitrogens with one attached hydrogen (secondary N) is 2. The Morgan fingerprint density at radius 3 is 2.48 bits per heavy atom. The van der Waals surface area contributed by atoms with E-state index in [1.54, 1.807) is 0 Å². The summed E-state index contributed by atoms with van der Waals surface area (Å²) in [4.78, 5) is 12.3. The highest BCUT2D eigenvalue weighted by Crippen LogP contribution is 2.10. The lowest BCUT2D eigenvalue weighted by atomic mass is 10.2. The topological polar surface area (TPSA) is 102 Å². The van der Waals surface area contributed by atoms with Crippen LogP contribution in [0.3, 0.4) is 0 Å². The summed E-state index contributed by atoms with van der Waals surface area (Å²) in [6.07, 6.45) is 0.754. The second-order valence-corrected chi connectivity index (χ2v) is 7.94. The number of carbonyl (C=O) groups excluding carboxylic acids is 1. The lowest BCUT2D eigenvalue weighted by molar-refractivity contribution is 0.0952. The third-order valence-corrected chi connectivity index (χ3v) is 5.44. The lowest BCUT2D eigenvalue weighted by Crippen LogP contribution is -2.27. The van der Waals surface area contributed by atoms with Crippen molar-refractivity contribution < 1.29 is 17.9 Å². The minimum absolute atomic E-state index is 0.111. The molecule has 2 N–H and O–H groups in total. The number of aryl methyl sites for hydroxylation is 3. The summed E-state index contributed by atoms with van der Waals surface area (Å²) in [5.74, 6) is -0.236. The number of amides is 1. The Balaban J connectivity index is 1.83. The highest BCUT2D eigenvalue weighted by atomic mass is 32.2. The largest absolute Gasteiger partial charge is 0.383 e. The first kappa shape index (κ1) is 21.1. The lowest BCUT2D eigenvalue weighted by Gasteiger charge is -2.08. The van der Waals surface area contributed by atoms with Crippen molar-refractivity contribution >= 4 is 15.9 Å². The zero-order valence-corrected chi connectivity index (χ0v) is 16.7. The van der Waals surface area contributed by atoms with Crippen molar-refractivity contribution in [2.24, 2.45) is 0 Å². The molecule has 0 unspecified atom stereocenters. The molecule has 0 aliphatic heterocycles. The van der Waals surface area contributed by atoms with Gasteiger partial charge >= 0.3 is 0 Å². The van der Waals surface area contributed by atoms with Gasteiger partial charge in [-0.2, -0.15) is 5.10 Å². The predicted octanol–water partition coefficient (Wildman–Crippen LogP) is 1.24. The van der Waals surface area contributed by atoms with Crippen LogP contribution in [-0.2, 0) is 21.3 Å². The molecule has 0 saturated carbocycles. The van der Waals surface area contributed by atoms with Gasteiger partial charge in [-0.25, -0.2) is 13.1 Å². The van der Waals surface area contributed by atoms with Gasteiger partial charge in [0.15, 0.2) is 0 Å². The molecular formula is C18H26N4O4S. The van der Waals surface area contributed by atoms with Crippen LogP contribution < -0.4 is 10.0 Å². The maximum Gasteiger partial charge on any atom is 0.251 e. The zero-order valence-electron chi connectivity index (χ0n) is 15.9. The number of benzene rings is 1. The van der Waals surface area contributed by atoms with Gasteiger partial charge in [-0.3, -0.25) is 9.48 Å². The standard InChI is InChI=1S/C18H26N4O4S/c1-14-13-15(2)22(21-14)11-4-9-19-18(23)16-5-7-17(8-6-16)27(24,25)20-10-12-26-3/h5-8,13,20H,4,9-12H2,1-3H3,(H,19,23). The number of sulfonamides is 1. The number of hydrogen-bond donors (Lipinski definition) is 2. The number of nitrogens with zero attached hydrogens (tertiary/aromatic N) is 2. The summed E-state index contributed by atoms with van der Waals surface area (Å²) in [7, 11) is -2.10. The van der Waals surface area contributed by atoms with Crippen LogP contribution in [0.1, 0.15) is 28.2 Å². The van der Waals surface area contributed by atoms with Crippen molar-refractivity contribution in [3.05, 3.63) is 47.3 Å². The molecule has 0 saturated heterocycles. The van der Waals surface area contributed by atoms with Crippen molar-refractivity contribution in [1.29, 1.82) is 0 Å². The first-order chi connectivity index (χ1) is 12.8. The van der Waals surface area contributed by atoms with Gasteiger partial charge in [0.2, 0.25) is 10.0 Å². The number of aromatic nitrogens is 2. The molecule has 0 radical (unpaired) electrons. The molecule has 1 aromatic carbocycles. The van der Waals surface area contributed by atoms with Crippen LogP contribution in [0, 0.1) is 13.8 Å². The zero-order chi connectivity index (χ0) is 19.9.